The van der Waals surface area contributed by atoms with Crippen LogP contribution in [-0.2, 0) is 54.6 Å². The summed E-state index contributed by atoms with van der Waals surface area (Å²) in [6, 6.07) is 78.7. The third-order valence-corrected chi connectivity index (χ3v) is 19.9. The van der Waals surface area contributed by atoms with E-state index in [-0.39, 0.29) is 44.5 Å². The number of hydrogen-bond donors (Lipinski definition) is 6. The Bertz CT molecular complexity index is 3590. The van der Waals surface area contributed by atoms with Gasteiger partial charge >= 0.3 is 5.97 Å². The maximum atomic E-state index is 16.3. The molecule has 456 valence electrons. The molecule has 0 aliphatic carbocycles. The summed E-state index contributed by atoms with van der Waals surface area (Å²) in [4.78, 5) is 101. The fourth-order valence-corrected chi connectivity index (χ4v) is 15.0. The number of primary amides is 1. The van der Waals surface area contributed by atoms with Crippen molar-refractivity contribution in [2.75, 3.05) is 25.7 Å². The Morgan fingerprint density at radius 2 is 0.744 bits per heavy atom. The summed E-state index contributed by atoms with van der Waals surface area (Å²) in [6.45, 7) is -0.789. The van der Waals surface area contributed by atoms with Gasteiger partial charge in [-0.15, -0.1) is 0 Å². The van der Waals surface area contributed by atoms with E-state index >= 15 is 14.4 Å². The maximum Gasteiger partial charge on any atom is 0.329 e. The van der Waals surface area contributed by atoms with E-state index in [0.29, 0.717) is 23.7 Å². The molecule has 17 heteroatoms. The van der Waals surface area contributed by atoms with E-state index in [1.165, 1.54) is 12.1 Å². The van der Waals surface area contributed by atoms with Crippen molar-refractivity contribution < 1.29 is 38.3 Å². The van der Waals surface area contributed by atoms with Gasteiger partial charge in [0.05, 0.1) is 6.54 Å². The molecule has 0 fully saturated rings. The molecule has 0 unspecified atom stereocenters. The summed E-state index contributed by atoms with van der Waals surface area (Å²) < 4.78 is 5.90. The zero-order chi connectivity index (χ0) is 62.9. The summed E-state index contributed by atoms with van der Waals surface area (Å²) in [6.07, 6.45) is 0.855. The van der Waals surface area contributed by atoms with Crippen LogP contribution in [0.25, 0.3) is 0 Å². The molecule has 4 atom stereocenters. The molecule has 15 nitrogen and oxygen atoms in total. The molecule has 0 bridgehead atoms. The molecular weight excluding hydrogens is 1160 g/mol. The molecule has 0 saturated heterocycles. The number of rotatable bonds is 30. The molecular formula is C73H71N7O8P2. The number of nitrogens with two attached hydrogens (primary N) is 1. The first-order valence-corrected chi connectivity index (χ1v) is 32.7. The second kappa shape index (κ2) is 33.4. The molecule has 7 N–H and O–H groups in total. The van der Waals surface area contributed by atoms with Crippen molar-refractivity contribution in [3.63, 3.8) is 0 Å². The molecule has 0 saturated carbocycles. The standard InChI is InChI=1S/C73H71N7O8P2/c74-67(81)49-76-68(82)58-43-41-56(42-44-58)50-88-73(87)65(47-55-29-13-3-14-30-55)79-71(85)64(46-54-27-11-2-12-28-54)78-72(86)66(48-75-70(84)63(45-53-25-9-1-10-26-53)77-69(83)57-31-15-4-16-32-57)80(51-89(59-33-17-5-18-34-59)60-35-19-6-20-36-60)52-90(61-37-21-7-22-38-61)62-39-23-8-24-40-62/h1-44,63-66H,45-52H2,(H2,74,81)(H,75,84)(H,76,82)(H,77,83)(H,78,86)(H,79,85)/t63-,64-,65-,66+/m0/s1. The van der Waals surface area contributed by atoms with Crippen molar-refractivity contribution in [3.05, 3.63) is 300 Å². The molecule has 0 radical (unpaired) electrons. The van der Waals surface area contributed by atoms with Gasteiger partial charge in [-0.2, -0.15) is 0 Å². The summed E-state index contributed by atoms with van der Waals surface area (Å²) in [5.74, 6) is -4.14. The van der Waals surface area contributed by atoms with Crippen LogP contribution in [0.1, 0.15) is 43.0 Å². The highest BCUT2D eigenvalue weighted by atomic mass is 31.1. The van der Waals surface area contributed by atoms with Crippen LogP contribution >= 0.6 is 15.8 Å². The number of carbonyl (C=O) groups excluding carboxylic acids is 7. The fraction of sp³-hybridized carbons (Fsp3) is 0.164. The number of hydrogen-bond acceptors (Lipinski definition) is 9. The van der Waals surface area contributed by atoms with Gasteiger partial charge in [-0.1, -0.05) is 243 Å². The summed E-state index contributed by atoms with van der Waals surface area (Å²) in [5.41, 5.74) is 8.65. The lowest BCUT2D eigenvalue weighted by atomic mass is 10.0. The van der Waals surface area contributed by atoms with Crippen LogP contribution in [0, 0.1) is 0 Å². The lowest BCUT2D eigenvalue weighted by Gasteiger charge is -2.37. The van der Waals surface area contributed by atoms with Crippen LogP contribution in [0.2, 0.25) is 0 Å². The average Bonchev–Trinajstić information content (AvgIpc) is 2.66. The Morgan fingerprint density at radius 1 is 0.378 bits per heavy atom. The summed E-state index contributed by atoms with van der Waals surface area (Å²) in [7, 11) is -2.50. The van der Waals surface area contributed by atoms with E-state index in [1.54, 1.807) is 36.4 Å². The SMILES string of the molecule is NC(=O)CNC(=O)c1ccc(COC(=O)[C@H](Cc2ccccc2)NC(=O)[C@H](Cc2ccccc2)NC(=O)[C@@H](CNC(=O)[C@H](Cc2ccccc2)NC(=O)c2ccccc2)N(CP(c2ccccc2)c2ccccc2)CP(c2ccccc2)c2ccccc2)cc1. The van der Waals surface area contributed by atoms with E-state index in [9.17, 15) is 19.2 Å². The van der Waals surface area contributed by atoms with Gasteiger partial charge in [0.25, 0.3) is 11.8 Å². The minimum Gasteiger partial charge on any atom is -0.459 e. The first kappa shape index (κ1) is 64.6. The molecule has 9 aromatic carbocycles. The second-order valence-corrected chi connectivity index (χ2v) is 25.7. The molecule has 0 spiro atoms. The number of benzene rings is 9. The summed E-state index contributed by atoms with van der Waals surface area (Å²) >= 11 is 0. The lowest BCUT2D eigenvalue weighted by molar-refractivity contribution is -0.149. The van der Waals surface area contributed by atoms with Crippen LogP contribution in [0.5, 0.6) is 0 Å². The first-order chi connectivity index (χ1) is 43.9. The van der Waals surface area contributed by atoms with E-state index in [4.69, 9.17) is 10.5 Å². The highest BCUT2D eigenvalue weighted by Gasteiger charge is 2.37. The zero-order valence-corrected chi connectivity index (χ0v) is 51.3. The van der Waals surface area contributed by atoms with E-state index in [2.05, 4.69) is 80.0 Å². The van der Waals surface area contributed by atoms with Gasteiger partial charge in [0.15, 0.2) is 0 Å². The van der Waals surface area contributed by atoms with Gasteiger partial charge < -0.3 is 37.1 Å². The van der Waals surface area contributed by atoms with Crippen LogP contribution < -0.4 is 53.5 Å². The van der Waals surface area contributed by atoms with E-state index in [1.807, 2.05) is 170 Å². The number of carbonyl (C=O) groups is 7. The van der Waals surface area contributed by atoms with Crippen molar-refractivity contribution in [3.8, 4) is 0 Å². The number of esters is 1. The smallest absolute Gasteiger partial charge is 0.329 e. The largest absolute Gasteiger partial charge is 0.459 e. The van der Waals surface area contributed by atoms with Crippen LogP contribution in [-0.4, -0.2) is 96.1 Å². The van der Waals surface area contributed by atoms with Gasteiger partial charge in [-0.3, -0.25) is 33.7 Å². The molecule has 90 heavy (non-hydrogen) atoms. The Balaban J connectivity index is 1.10. The van der Waals surface area contributed by atoms with Crippen molar-refractivity contribution in [1.82, 2.24) is 31.5 Å². The predicted octanol–water partition coefficient (Wildman–Crippen LogP) is 7.41. The zero-order valence-electron chi connectivity index (χ0n) is 49.6. The van der Waals surface area contributed by atoms with E-state index in [0.717, 1.165) is 37.9 Å². The minimum absolute atomic E-state index is 0.0100. The monoisotopic (exact) mass is 1240 g/mol. The van der Waals surface area contributed by atoms with Crippen molar-refractivity contribution in [1.29, 1.82) is 0 Å². The maximum absolute atomic E-state index is 16.3. The topological polar surface area (TPSA) is 218 Å². The highest BCUT2D eigenvalue weighted by Crippen LogP contribution is 2.40. The summed E-state index contributed by atoms with van der Waals surface area (Å²) in [5, 5.41) is 19.0. The van der Waals surface area contributed by atoms with Gasteiger partial charge in [0, 0.05) is 49.5 Å². The lowest BCUT2D eigenvalue weighted by Crippen LogP contribution is -2.60. The quantitative estimate of drug-likeness (QED) is 0.0195. The fourth-order valence-electron chi connectivity index (χ4n) is 10.2. The number of nitrogens with zero attached hydrogens (tertiary/aromatic N) is 1. The Morgan fingerprint density at radius 3 is 1.17 bits per heavy atom. The predicted molar refractivity (Wildman–Crippen MR) is 356 cm³/mol. The third-order valence-electron chi connectivity index (χ3n) is 14.9. The molecule has 9 aromatic rings. The van der Waals surface area contributed by atoms with Crippen molar-refractivity contribution >= 4 is 78.5 Å². The Kier molecular flexibility index (Phi) is 24.0. The van der Waals surface area contributed by atoms with E-state index < -0.39 is 81.4 Å². The van der Waals surface area contributed by atoms with Crippen LogP contribution in [0.3, 0.4) is 0 Å². The van der Waals surface area contributed by atoms with Gasteiger partial charge in [-0.25, -0.2) is 4.79 Å². The molecule has 0 aliphatic heterocycles. The number of amides is 6. The third kappa shape index (κ3) is 19.3. The van der Waals surface area contributed by atoms with Gasteiger partial charge in [0.2, 0.25) is 23.6 Å². The van der Waals surface area contributed by atoms with Gasteiger partial charge in [0.1, 0.15) is 30.8 Å². The number of nitrogens with one attached hydrogen (secondary N) is 5. The molecule has 9 rings (SSSR count). The Labute approximate surface area is 527 Å². The highest BCUT2D eigenvalue weighted by molar-refractivity contribution is 7.73. The second-order valence-electron chi connectivity index (χ2n) is 21.4. The van der Waals surface area contributed by atoms with Gasteiger partial charge in [-0.05, 0) is 83.6 Å². The normalized spacial score (nSPS) is 12.4. The molecule has 0 heterocycles. The van der Waals surface area contributed by atoms with Crippen molar-refractivity contribution in [2.24, 2.45) is 5.73 Å². The average molecular weight is 1240 g/mol. The molecule has 0 aromatic heterocycles. The van der Waals surface area contributed by atoms with Crippen LogP contribution in [0.15, 0.2) is 267 Å². The Hall–Kier alpha value is -9.91. The molecule has 0 aliphatic rings. The molecule has 6 amide bonds. The first-order valence-electron chi connectivity index (χ1n) is 29.6. The van der Waals surface area contributed by atoms with Crippen molar-refractivity contribution in [2.45, 2.75) is 50.0 Å². The van der Waals surface area contributed by atoms with Crippen LogP contribution in [0.4, 0.5) is 0 Å². The minimum atomic E-state index is -1.29. The number of ether oxygens (including phenoxy) is 1.